The van der Waals surface area contributed by atoms with Gasteiger partial charge >= 0.3 is 16.4 Å². The minimum Gasteiger partial charge on any atom is -0.479 e. The standard InChI is InChI=1S/C52H86N2O43S/c1-10-21(60)27(66)32(71)47(84-10)92-39-20(54-13(4)59)46(90-18(26(39)65)9-83-98(79,80)81)82-8-17-25(64)38(19(45(78)86-17)53-12(3)58)93-52-43(97-48-33(72)28(67)22(61)11(2)85-48)42(37(16(7-57)89-52)91-49-34(73)29(68)23(62)14(5-55)87-49)96-51-36(75)40(24(63)15(6-56)88-51)94-50-35(74)30(69)31(70)41(95-50)44(76)77/h10-11,14-43,45-52,55-57,60-75,78H,5-9H2,1-4H3,(H,53,58)(H,54,59)(H,76,77)(H,79,80,81)/t10-,11-,14+,15+,16+,17+,18+,19+,20+,21+,22+,23-,24-,25-,26+,27+,28+,29-,30-,31-,32-,33-,34+,35+,36+,37-,38+,39+,40-,41-,42-,43+,45+,46+,47-,48-,49-,50+,51-,52-/m0/s1. The lowest BCUT2D eigenvalue weighted by atomic mass is 9.93. The maximum atomic E-state index is 13.0. The highest BCUT2D eigenvalue weighted by Gasteiger charge is 2.61. The van der Waals surface area contributed by atoms with E-state index in [-0.39, 0.29) is 0 Å². The minimum absolute atomic E-state index is 0.905. The van der Waals surface area contributed by atoms with Crippen LogP contribution in [0.25, 0.3) is 0 Å². The third-order valence-electron chi connectivity index (χ3n) is 17.5. The van der Waals surface area contributed by atoms with Gasteiger partial charge < -0.3 is 189 Å². The van der Waals surface area contributed by atoms with Gasteiger partial charge in [-0.15, -0.1) is 0 Å². The predicted octanol–water partition coefficient (Wildman–Crippen LogP) is -16.2. The topological polar surface area (TPSA) is 702 Å². The Labute approximate surface area is 553 Å². The maximum absolute atomic E-state index is 13.0. The Morgan fingerprint density at radius 2 is 0.745 bits per heavy atom. The molecule has 0 radical (unpaired) electrons. The molecule has 98 heavy (non-hydrogen) atoms. The number of carboxylic acids is 1. The average Bonchev–Trinajstić information content (AvgIpc) is 0.762. The van der Waals surface area contributed by atoms with Crippen molar-refractivity contribution in [3.8, 4) is 0 Å². The summed E-state index contributed by atoms with van der Waals surface area (Å²) in [4.78, 5) is 37.9. The number of carbonyl (C=O) groups excluding carboxylic acids is 2. The molecule has 0 unspecified atom stereocenters. The molecule has 2 amide bonds. The quantitative estimate of drug-likeness (QED) is 0.0399. The maximum Gasteiger partial charge on any atom is 0.397 e. The van der Waals surface area contributed by atoms with Crippen LogP contribution in [0.4, 0.5) is 0 Å². The smallest absolute Gasteiger partial charge is 0.397 e. The normalized spacial score (nSPS) is 49.7. The Bertz CT molecular complexity index is 2700. The molecule has 0 saturated carbocycles. The number of aliphatic carboxylic acids is 1. The van der Waals surface area contributed by atoms with Gasteiger partial charge in [-0.25, -0.2) is 8.98 Å². The first kappa shape index (κ1) is 80.6. The molecule has 568 valence electrons. The van der Waals surface area contributed by atoms with Crippen LogP contribution in [0.1, 0.15) is 27.7 Å². The van der Waals surface area contributed by atoms with Gasteiger partial charge in [0.25, 0.3) is 0 Å². The second-order valence-electron chi connectivity index (χ2n) is 24.4. The zero-order chi connectivity index (χ0) is 72.6. The van der Waals surface area contributed by atoms with E-state index in [1.165, 1.54) is 13.8 Å². The number of aliphatic hydroxyl groups excluding tert-OH is 20. The Kier molecular flexibility index (Phi) is 27.8. The number of carboxylic acid groups (broad SMARTS) is 1. The molecule has 24 N–H and O–H groups in total. The molecule has 0 spiro atoms. The van der Waals surface area contributed by atoms with Crippen molar-refractivity contribution < 1.29 is 210 Å². The predicted molar refractivity (Wildman–Crippen MR) is 296 cm³/mol. The van der Waals surface area contributed by atoms with Crippen molar-refractivity contribution in [1.82, 2.24) is 10.6 Å². The molecule has 0 aromatic rings. The summed E-state index contributed by atoms with van der Waals surface area (Å²) in [6.07, 6.45) is -82.1. The summed E-state index contributed by atoms with van der Waals surface area (Å²) in [6.45, 7) is -1.75. The second-order valence-corrected chi connectivity index (χ2v) is 25.5. The van der Waals surface area contributed by atoms with E-state index in [1.807, 2.05) is 0 Å². The lowest BCUT2D eigenvalue weighted by Gasteiger charge is -2.52. The van der Waals surface area contributed by atoms with E-state index in [2.05, 4.69) is 14.8 Å². The Hall–Kier alpha value is -3.12. The molecule has 8 aliphatic heterocycles. The number of ether oxygens (including phenoxy) is 15. The summed E-state index contributed by atoms with van der Waals surface area (Å²) in [6, 6.07) is -3.87. The summed E-state index contributed by atoms with van der Waals surface area (Å²) in [5.41, 5.74) is 0. The third kappa shape index (κ3) is 17.8. The van der Waals surface area contributed by atoms with Crippen molar-refractivity contribution >= 4 is 28.2 Å². The first-order valence-corrected chi connectivity index (χ1v) is 31.9. The molecule has 8 saturated heterocycles. The van der Waals surface area contributed by atoms with Crippen LogP contribution in [0.5, 0.6) is 0 Å². The molecule has 8 aliphatic rings. The highest BCUT2D eigenvalue weighted by atomic mass is 32.3. The van der Waals surface area contributed by atoms with Crippen molar-refractivity contribution in [3.63, 3.8) is 0 Å². The van der Waals surface area contributed by atoms with Crippen LogP contribution in [0, 0.1) is 0 Å². The van der Waals surface area contributed by atoms with E-state index in [9.17, 15) is 135 Å². The van der Waals surface area contributed by atoms with Crippen molar-refractivity contribution in [3.05, 3.63) is 0 Å². The van der Waals surface area contributed by atoms with E-state index < -0.39 is 307 Å². The summed E-state index contributed by atoms with van der Waals surface area (Å²) >= 11 is 0. The fraction of sp³-hybridized carbons (Fsp3) is 0.942. The molecular weight excluding hydrogens is 1370 g/mol. The van der Waals surface area contributed by atoms with Gasteiger partial charge in [0.05, 0.1) is 45.2 Å². The number of hydrogen-bond donors (Lipinski definition) is 24. The number of amides is 2. The summed E-state index contributed by atoms with van der Waals surface area (Å²) in [5.74, 6) is -3.83. The lowest BCUT2D eigenvalue weighted by molar-refractivity contribution is -0.419. The average molecular weight is 1460 g/mol. The van der Waals surface area contributed by atoms with E-state index in [1.54, 1.807) is 0 Å². The van der Waals surface area contributed by atoms with E-state index in [4.69, 9.17) is 71.1 Å². The molecule has 8 rings (SSSR count). The molecule has 0 bridgehead atoms. The van der Waals surface area contributed by atoms with Crippen LogP contribution in [-0.4, -0.2) is 417 Å². The van der Waals surface area contributed by atoms with Crippen molar-refractivity contribution in [2.45, 2.75) is 273 Å². The largest absolute Gasteiger partial charge is 0.479 e. The summed E-state index contributed by atoms with van der Waals surface area (Å²) in [7, 11) is -5.33. The van der Waals surface area contributed by atoms with E-state index in [0.717, 1.165) is 13.8 Å². The fourth-order valence-electron chi connectivity index (χ4n) is 12.2. The van der Waals surface area contributed by atoms with Crippen molar-refractivity contribution in [1.29, 1.82) is 0 Å². The molecule has 0 aromatic heterocycles. The van der Waals surface area contributed by atoms with Gasteiger partial charge in [-0.05, 0) is 13.8 Å². The zero-order valence-corrected chi connectivity index (χ0v) is 52.8. The second kappa shape index (κ2) is 33.8. The minimum atomic E-state index is -5.33. The Balaban J connectivity index is 1.19. The van der Waals surface area contributed by atoms with Gasteiger partial charge in [0, 0.05) is 13.8 Å². The first-order chi connectivity index (χ1) is 45.9. The van der Waals surface area contributed by atoms with Crippen molar-refractivity contribution in [2.75, 3.05) is 33.0 Å². The SMILES string of the molecule is CC(=O)N[C@@H]1[C@@H](O[C@@H]2O[C@H](CO)[C@H](O[C@@H]3O[C@H](CO)[C@H](O)[C@H](O)[C@H]3O)[C@H](O[C@@H]3O[C@H](CO)[C@H](O)[C@H](O[C@@H]4O[C@H](C(=O)O)[C@@H](O)[C@H](O)[C@H]4O)[C@H]3O)[C@H]2O[C@@H]2O[C@@H](C)[C@@H](O)[C@@H](O)[C@@H]2O)[C@@H](O)[C@@H](CO[C@@H]2O[C@H](COS(=O)(=O)O)[C@@H](O)[C@H](O[C@@H]3O[C@@H](C)[C@@H](O)[C@@H](O)[C@@H]3O)[C@H]2NC(C)=O)O[C@H]1O. The molecule has 0 aliphatic carbocycles. The molecule has 45 nitrogen and oxygen atoms in total. The number of rotatable bonds is 24. The van der Waals surface area contributed by atoms with Gasteiger partial charge in [-0.3, -0.25) is 14.1 Å². The van der Waals surface area contributed by atoms with Crippen LogP contribution in [0.3, 0.4) is 0 Å². The number of hydrogen-bond acceptors (Lipinski definition) is 41. The Morgan fingerprint density at radius 1 is 0.367 bits per heavy atom. The van der Waals surface area contributed by atoms with Crippen LogP contribution >= 0.6 is 0 Å². The molecular formula is C52H86N2O43S. The molecule has 46 heteroatoms. The van der Waals surface area contributed by atoms with Crippen molar-refractivity contribution in [2.24, 2.45) is 0 Å². The van der Waals surface area contributed by atoms with Crippen LogP contribution < -0.4 is 10.6 Å². The Morgan fingerprint density at radius 3 is 1.26 bits per heavy atom. The molecule has 8 fully saturated rings. The van der Waals surface area contributed by atoms with Gasteiger partial charge in [0.2, 0.25) is 11.8 Å². The van der Waals surface area contributed by atoms with Crippen LogP contribution in [0.2, 0.25) is 0 Å². The number of carbonyl (C=O) groups is 3. The van der Waals surface area contributed by atoms with Gasteiger partial charge in [-0.1, -0.05) is 0 Å². The van der Waals surface area contributed by atoms with Gasteiger partial charge in [0.15, 0.2) is 56.4 Å². The van der Waals surface area contributed by atoms with Gasteiger partial charge in [-0.2, -0.15) is 8.42 Å². The number of aliphatic hydroxyl groups is 20. The zero-order valence-electron chi connectivity index (χ0n) is 51.9. The molecule has 8 heterocycles. The molecule has 40 atom stereocenters. The molecule has 0 aromatic carbocycles. The summed E-state index contributed by atoms with van der Waals surface area (Å²) in [5, 5.41) is 236. The van der Waals surface area contributed by atoms with Crippen LogP contribution in [0.15, 0.2) is 0 Å². The monoisotopic (exact) mass is 1460 g/mol. The van der Waals surface area contributed by atoms with E-state index in [0.29, 0.717) is 0 Å². The number of nitrogens with one attached hydrogen (secondary N) is 2. The first-order valence-electron chi connectivity index (χ1n) is 30.5. The highest BCUT2D eigenvalue weighted by Crippen LogP contribution is 2.40. The summed E-state index contributed by atoms with van der Waals surface area (Å²) < 4.78 is 126. The fourth-order valence-corrected chi connectivity index (χ4v) is 12.5. The van der Waals surface area contributed by atoms with Gasteiger partial charge in [0.1, 0.15) is 177 Å². The lowest BCUT2D eigenvalue weighted by Crippen LogP contribution is -2.71. The van der Waals surface area contributed by atoms with Crippen LogP contribution in [-0.2, 0) is 100 Å². The highest BCUT2D eigenvalue weighted by molar-refractivity contribution is 7.80. The third-order valence-corrected chi connectivity index (χ3v) is 18.0. The van der Waals surface area contributed by atoms with E-state index >= 15 is 0 Å².